The van der Waals surface area contributed by atoms with Gasteiger partial charge >= 0.3 is 0 Å². The minimum Gasteiger partial charge on any atom is -0.374 e. The highest BCUT2D eigenvalue weighted by atomic mass is 16.5. The molecule has 0 amide bonds. The third kappa shape index (κ3) is 4.25. The maximum atomic E-state index is 11.3. The van der Waals surface area contributed by atoms with E-state index >= 15 is 0 Å². The average molecular weight is 210 g/mol. The highest BCUT2D eigenvalue weighted by Crippen LogP contribution is 2.03. The summed E-state index contributed by atoms with van der Waals surface area (Å²) in [7, 11) is 0. The standard InChI is InChI=1S/C11H18N2O2/c1-4-15-7-10-12-9(5-8(2)3)6-11(14)13-10/h6,8H,4-5,7H2,1-3H3,(H,12,13,14). The third-order valence-electron chi connectivity index (χ3n) is 1.90. The topological polar surface area (TPSA) is 55.0 Å². The highest BCUT2D eigenvalue weighted by Gasteiger charge is 2.03. The molecule has 84 valence electrons. The van der Waals surface area contributed by atoms with Gasteiger partial charge in [-0.2, -0.15) is 0 Å². The zero-order valence-corrected chi connectivity index (χ0v) is 9.54. The summed E-state index contributed by atoms with van der Waals surface area (Å²) in [5.41, 5.74) is 0.735. The molecule has 1 aromatic heterocycles. The van der Waals surface area contributed by atoms with Gasteiger partial charge in [-0.1, -0.05) is 13.8 Å². The predicted octanol–water partition coefficient (Wildman–Crippen LogP) is 1.50. The summed E-state index contributed by atoms with van der Waals surface area (Å²) in [6, 6.07) is 1.55. The quantitative estimate of drug-likeness (QED) is 0.801. The third-order valence-corrected chi connectivity index (χ3v) is 1.90. The molecule has 0 aliphatic heterocycles. The molecule has 0 bridgehead atoms. The first-order valence-electron chi connectivity index (χ1n) is 5.28. The number of hydrogen-bond acceptors (Lipinski definition) is 3. The van der Waals surface area contributed by atoms with Crippen LogP contribution in [-0.2, 0) is 17.8 Å². The van der Waals surface area contributed by atoms with Crippen LogP contribution in [0.3, 0.4) is 0 Å². The molecule has 4 nitrogen and oxygen atoms in total. The Hall–Kier alpha value is -1.16. The smallest absolute Gasteiger partial charge is 0.251 e. The summed E-state index contributed by atoms with van der Waals surface area (Å²) in [5, 5.41) is 0. The Morgan fingerprint density at radius 2 is 2.27 bits per heavy atom. The summed E-state index contributed by atoms with van der Waals surface area (Å²) >= 11 is 0. The summed E-state index contributed by atoms with van der Waals surface area (Å²) < 4.78 is 5.20. The molecule has 1 rings (SSSR count). The van der Waals surface area contributed by atoms with Crippen LogP contribution in [0.15, 0.2) is 10.9 Å². The van der Waals surface area contributed by atoms with E-state index in [1.54, 1.807) is 6.07 Å². The van der Waals surface area contributed by atoms with Gasteiger partial charge in [0.25, 0.3) is 5.56 Å². The Bertz CT molecular complexity index is 358. The molecular weight excluding hydrogens is 192 g/mol. The molecule has 0 spiro atoms. The van der Waals surface area contributed by atoms with E-state index < -0.39 is 0 Å². The lowest BCUT2D eigenvalue weighted by Crippen LogP contribution is -2.14. The minimum absolute atomic E-state index is 0.102. The van der Waals surface area contributed by atoms with Gasteiger partial charge in [-0.05, 0) is 19.3 Å². The Morgan fingerprint density at radius 3 is 2.87 bits per heavy atom. The fourth-order valence-electron chi connectivity index (χ4n) is 1.35. The van der Waals surface area contributed by atoms with Gasteiger partial charge in [-0.25, -0.2) is 4.98 Å². The van der Waals surface area contributed by atoms with Crippen molar-refractivity contribution in [1.29, 1.82) is 0 Å². The van der Waals surface area contributed by atoms with Crippen molar-refractivity contribution in [2.75, 3.05) is 6.61 Å². The van der Waals surface area contributed by atoms with Gasteiger partial charge < -0.3 is 9.72 Å². The Balaban J connectivity index is 2.80. The summed E-state index contributed by atoms with van der Waals surface area (Å²) in [6.07, 6.45) is 0.822. The van der Waals surface area contributed by atoms with Crippen molar-refractivity contribution in [2.24, 2.45) is 5.92 Å². The largest absolute Gasteiger partial charge is 0.374 e. The molecule has 0 aliphatic carbocycles. The molecule has 0 saturated carbocycles. The fourth-order valence-corrected chi connectivity index (χ4v) is 1.35. The zero-order chi connectivity index (χ0) is 11.3. The van der Waals surface area contributed by atoms with Gasteiger partial charge in [0.15, 0.2) is 0 Å². The molecule has 0 radical (unpaired) electrons. The summed E-state index contributed by atoms with van der Waals surface area (Å²) in [6.45, 7) is 7.11. The first kappa shape index (κ1) is 11.9. The van der Waals surface area contributed by atoms with Crippen LogP contribution in [0.1, 0.15) is 32.3 Å². The van der Waals surface area contributed by atoms with Crippen LogP contribution in [0.5, 0.6) is 0 Å². The summed E-state index contributed by atoms with van der Waals surface area (Å²) in [4.78, 5) is 18.3. The lowest BCUT2D eigenvalue weighted by molar-refractivity contribution is 0.128. The molecule has 0 fully saturated rings. The SMILES string of the molecule is CCOCc1nc(CC(C)C)cc(=O)[nH]1. The number of hydrogen-bond donors (Lipinski definition) is 1. The molecular formula is C11H18N2O2. The van der Waals surface area contributed by atoms with Crippen LogP contribution in [0, 0.1) is 5.92 Å². The van der Waals surface area contributed by atoms with Crippen molar-refractivity contribution in [2.45, 2.75) is 33.8 Å². The van der Waals surface area contributed by atoms with E-state index in [1.165, 1.54) is 0 Å². The van der Waals surface area contributed by atoms with E-state index in [0.717, 1.165) is 12.1 Å². The first-order chi connectivity index (χ1) is 7.11. The van der Waals surface area contributed by atoms with E-state index in [0.29, 0.717) is 25.0 Å². The van der Waals surface area contributed by atoms with Crippen molar-refractivity contribution in [3.05, 3.63) is 27.9 Å². The Morgan fingerprint density at radius 1 is 1.53 bits per heavy atom. The van der Waals surface area contributed by atoms with Gasteiger partial charge in [0.2, 0.25) is 0 Å². The number of aromatic nitrogens is 2. The van der Waals surface area contributed by atoms with Crippen LogP contribution in [0.25, 0.3) is 0 Å². The molecule has 0 atom stereocenters. The second-order valence-electron chi connectivity index (χ2n) is 3.92. The minimum atomic E-state index is -0.102. The van der Waals surface area contributed by atoms with Crippen molar-refractivity contribution in [1.82, 2.24) is 9.97 Å². The molecule has 4 heteroatoms. The molecule has 0 aliphatic rings. The summed E-state index contributed by atoms with van der Waals surface area (Å²) in [5.74, 6) is 1.11. The lowest BCUT2D eigenvalue weighted by Gasteiger charge is -2.06. The monoisotopic (exact) mass is 210 g/mol. The fraction of sp³-hybridized carbons (Fsp3) is 0.636. The van der Waals surface area contributed by atoms with Crippen LogP contribution in [-0.4, -0.2) is 16.6 Å². The second kappa shape index (κ2) is 5.66. The number of aromatic amines is 1. The highest BCUT2D eigenvalue weighted by molar-refractivity contribution is 5.03. The molecule has 0 aromatic carbocycles. The zero-order valence-electron chi connectivity index (χ0n) is 9.54. The van der Waals surface area contributed by atoms with E-state index in [4.69, 9.17) is 4.74 Å². The number of ether oxygens (including phenoxy) is 1. The van der Waals surface area contributed by atoms with E-state index in [-0.39, 0.29) is 5.56 Å². The van der Waals surface area contributed by atoms with Crippen LogP contribution in [0.4, 0.5) is 0 Å². The van der Waals surface area contributed by atoms with Crippen molar-refractivity contribution < 1.29 is 4.74 Å². The molecule has 1 N–H and O–H groups in total. The molecule has 0 unspecified atom stereocenters. The van der Waals surface area contributed by atoms with Gasteiger partial charge in [0.05, 0.1) is 0 Å². The van der Waals surface area contributed by atoms with Gasteiger partial charge in [0, 0.05) is 18.4 Å². The molecule has 15 heavy (non-hydrogen) atoms. The Labute approximate surface area is 89.7 Å². The van der Waals surface area contributed by atoms with E-state index in [1.807, 2.05) is 6.92 Å². The predicted molar refractivity (Wildman–Crippen MR) is 58.7 cm³/mol. The van der Waals surface area contributed by atoms with Crippen molar-refractivity contribution >= 4 is 0 Å². The van der Waals surface area contributed by atoms with Crippen LogP contribution in [0.2, 0.25) is 0 Å². The van der Waals surface area contributed by atoms with Crippen molar-refractivity contribution in [3.8, 4) is 0 Å². The van der Waals surface area contributed by atoms with Gasteiger partial charge in [-0.3, -0.25) is 4.79 Å². The van der Waals surface area contributed by atoms with E-state index in [2.05, 4.69) is 23.8 Å². The molecule has 0 saturated heterocycles. The second-order valence-corrected chi connectivity index (χ2v) is 3.92. The normalized spacial score (nSPS) is 10.9. The molecule has 1 heterocycles. The lowest BCUT2D eigenvalue weighted by atomic mass is 10.1. The first-order valence-corrected chi connectivity index (χ1v) is 5.28. The number of nitrogens with zero attached hydrogens (tertiary/aromatic N) is 1. The Kier molecular flexibility index (Phi) is 4.49. The molecule has 1 aromatic rings. The van der Waals surface area contributed by atoms with Crippen LogP contribution < -0.4 is 5.56 Å². The maximum Gasteiger partial charge on any atom is 0.251 e. The number of nitrogens with one attached hydrogen (secondary N) is 1. The van der Waals surface area contributed by atoms with Gasteiger partial charge in [0.1, 0.15) is 12.4 Å². The number of H-pyrrole nitrogens is 1. The maximum absolute atomic E-state index is 11.3. The van der Waals surface area contributed by atoms with Crippen LogP contribution >= 0.6 is 0 Å². The van der Waals surface area contributed by atoms with Crippen molar-refractivity contribution in [3.63, 3.8) is 0 Å². The number of rotatable bonds is 5. The van der Waals surface area contributed by atoms with Gasteiger partial charge in [-0.15, -0.1) is 0 Å². The van der Waals surface area contributed by atoms with E-state index in [9.17, 15) is 4.79 Å². The average Bonchev–Trinajstić information content (AvgIpc) is 2.12.